The van der Waals surface area contributed by atoms with Crippen LogP contribution in [0.15, 0.2) is 0 Å². The van der Waals surface area contributed by atoms with Gasteiger partial charge in [-0.1, -0.05) is 0 Å². The van der Waals surface area contributed by atoms with E-state index in [-0.39, 0.29) is 79.4 Å². The largest absolute Gasteiger partial charge is 3.00 e. The van der Waals surface area contributed by atoms with Gasteiger partial charge < -0.3 is 56.5 Å². The molecule has 0 spiro atoms. The van der Waals surface area contributed by atoms with Crippen LogP contribution in [-0.2, 0) is 0 Å². The summed E-state index contributed by atoms with van der Waals surface area (Å²) >= 11 is 0. The minimum Gasteiger partial charge on any atom is -0.894 e. The molecule has 6 radical (unpaired) electrons. The molecule has 13 heteroatoms. The molecule has 0 aromatic rings. The van der Waals surface area contributed by atoms with Crippen LogP contribution in [0.25, 0.3) is 0 Å². The van der Waals surface area contributed by atoms with Crippen molar-refractivity contribution in [1.82, 2.24) is 0 Å². The van der Waals surface area contributed by atoms with E-state index in [1.165, 1.54) is 0 Å². The summed E-state index contributed by atoms with van der Waals surface area (Å²) < 4.78 is 0. The van der Waals surface area contributed by atoms with Gasteiger partial charge in [0.2, 0.25) is 0 Å². The van der Waals surface area contributed by atoms with E-state index in [9.17, 15) is 0 Å². The molecule has 0 aromatic heterocycles. The van der Waals surface area contributed by atoms with Crippen LogP contribution in [0.4, 0.5) is 0 Å². The van der Waals surface area contributed by atoms with E-state index < -0.39 is 18.1 Å². The Morgan fingerprint density at radius 2 is 0.538 bits per heavy atom. The van der Waals surface area contributed by atoms with Crippen LogP contribution >= 0.6 is 0 Å². The van der Waals surface area contributed by atoms with Crippen molar-refractivity contribution in [3.8, 4) is 0 Å². The molecule has 0 amide bonds. The van der Waals surface area contributed by atoms with Crippen LogP contribution in [0.5, 0.6) is 0 Å². The van der Waals surface area contributed by atoms with E-state index in [0.29, 0.717) is 0 Å². The fourth-order valence-electron chi connectivity index (χ4n) is 0. The monoisotopic (exact) mass is 606 g/mol. The van der Waals surface area contributed by atoms with Gasteiger partial charge in [0.1, 0.15) is 0 Å². The van der Waals surface area contributed by atoms with Crippen molar-refractivity contribution in [2.24, 2.45) is 0 Å². The average Bonchev–Trinajstić information content (AvgIpc) is 1.12. The predicted octanol–water partition coefficient (Wildman–Crippen LogP) is -11.0. The first-order valence-corrected chi connectivity index (χ1v) is 4.90. The van der Waals surface area contributed by atoms with Crippen molar-refractivity contribution >= 4 is 61.9 Å². The van der Waals surface area contributed by atoms with Gasteiger partial charge in [-0.2, -0.15) is 0 Å². The number of rotatable bonds is 0. The van der Waals surface area contributed by atoms with E-state index in [1.807, 2.05) is 0 Å². The van der Waals surface area contributed by atoms with Crippen LogP contribution in [0.1, 0.15) is 0 Å². The van der Waals surface area contributed by atoms with Gasteiger partial charge in [0, 0.05) is 17.6 Å². The van der Waals surface area contributed by atoms with Crippen molar-refractivity contribution in [3.63, 3.8) is 0 Å². The summed E-state index contributed by atoms with van der Waals surface area (Å²) in [6.45, 7) is 0. The Morgan fingerprint density at radius 3 is 0.538 bits per heavy atom. The standard InChI is InChI=1S/Bi.Ge.La.2O4Si/c;;;2*1-5(2,3)4/q+3;;+3;2*-4. The second-order valence-corrected chi connectivity index (χ2v) is 3.00. The molecule has 70 valence electrons. The van der Waals surface area contributed by atoms with Crippen molar-refractivity contribution in [2.75, 3.05) is 0 Å². The minimum atomic E-state index is -5.61. The molecular weight excluding hydrogens is 605 g/mol. The smallest absolute Gasteiger partial charge is 0.894 e. The minimum absolute atomic E-state index is 0. The number of hydrogen-bond acceptors (Lipinski definition) is 8. The van der Waals surface area contributed by atoms with E-state index in [0.717, 1.165) is 0 Å². The molecule has 0 saturated heterocycles. The molecule has 0 bridgehead atoms. The van der Waals surface area contributed by atoms with E-state index >= 15 is 0 Å². The molecule has 0 aliphatic rings. The maximum atomic E-state index is 8.58. The van der Waals surface area contributed by atoms with Crippen LogP contribution in [0.3, 0.4) is 0 Å². The van der Waals surface area contributed by atoms with Crippen molar-refractivity contribution in [2.45, 2.75) is 0 Å². The molecule has 0 rings (SSSR count). The third-order valence-corrected chi connectivity index (χ3v) is 0. The molecule has 0 aromatic carbocycles. The van der Waals surface area contributed by atoms with Crippen molar-refractivity contribution in [3.05, 3.63) is 0 Å². The first-order chi connectivity index (χ1) is 4.00. The molecule has 0 unspecified atom stereocenters. The first kappa shape index (κ1) is 29.6. The summed E-state index contributed by atoms with van der Waals surface area (Å²) in [4.78, 5) is 68.6. The Hall–Kier alpha value is 2.73. The average molecular weight is 605 g/mol. The van der Waals surface area contributed by atoms with Crippen molar-refractivity contribution in [1.29, 1.82) is 0 Å². The molecule has 0 atom stereocenters. The van der Waals surface area contributed by atoms with Gasteiger partial charge in [-0.3, -0.25) is 0 Å². The summed E-state index contributed by atoms with van der Waals surface area (Å²) in [6, 6.07) is 0. The van der Waals surface area contributed by atoms with Gasteiger partial charge in [-0.25, -0.2) is 0 Å². The zero-order chi connectivity index (χ0) is 9.00. The van der Waals surface area contributed by atoms with E-state index in [1.54, 1.807) is 0 Å². The Labute approximate surface area is 134 Å². The molecule has 0 aliphatic carbocycles. The van der Waals surface area contributed by atoms with Gasteiger partial charge >= 0.3 is 61.8 Å². The Balaban J connectivity index is -0.0000000267. The maximum absolute atomic E-state index is 8.58. The second-order valence-electron chi connectivity index (χ2n) is 1.00. The topological polar surface area (TPSA) is 184 Å². The van der Waals surface area contributed by atoms with Crippen LogP contribution < -0.4 is 38.4 Å². The predicted molar refractivity (Wildman–Crippen MR) is 23.0 cm³/mol. The third kappa shape index (κ3) is 320. The Bertz CT molecular complexity index is 65.1. The molecule has 0 aliphatic heterocycles. The molecule has 8 nitrogen and oxygen atoms in total. The fourth-order valence-corrected chi connectivity index (χ4v) is 0. The summed E-state index contributed by atoms with van der Waals surface area (Å²) in [5.41, 5.74) is 0. The summed E-state index contributed by atoms with van der Waals surface area (Å²) in [6.07, 6.45) is 0. The van der Waals surface area contributed by atoms with E-state index in [4.69, 9.17) is 38.4 Å². The van der Waals surface area contributed by atoms with Crippen LogP contribution in [0.2, 0.25) is 0 Å². The number of hydrogen-bond donors (Lipinski definition) is 0. The summed E-state index contributed by atoms with van der Waals surface area (Å²) in [5, 5.41) is 0. The molecule has 13 heavy (non-hydrogen) atoms. The Kier molecular flexibility index (Phi) is 29.2. The summed E-state index contributed by atoms with van der Waals surface area (Å²) in [7, 11) is -11.2. The second kappa shape index (κ2) is 12.8. The van der Waals surface area contributed by atoms with Gasteiger partial charge in [-0.05, 0) is 0 Å². The Morgan fingerprint density at radius 1 is 0.538 bits per heavy atom. The van der Waals surface area contributed by atoms with Crippen LogP contribution in [-0.4, -0.2) is 61.9 Å². The zero-order valence-corrected chi connectivity index (χ0v) is 17.0. The molecule has 0 N–H and O–H groups in total. The van der Waals surface area contributed by atoms with Gasteiger partial charge in [0.15, 0.2) is 0 Å². The van der Waals surface area contributed by atoms with Crippen LogP contribution in [0, 0.1) is 35.6 Å². The van der Waals surface area contributed by atoms with Crippen molar-refractivity contribution < 1.29 is 74.0 Å². The quantitative estimate of drug-likeness (QED) is 0.244. The third-order valence-electron chi connectivity index (χ3n) is 0. The maximum Gasteiger partial charge on any atom is 3.00 e. The zero-order valence-electron chi connectivity index (χ0n) is 5.79. The first-order valence-electron chi connectivity index (χ1n) is 1.63. The van der Waals surface area contributed by atoms with E-state index in [2.05, 4.69) is 0 Å². The van der Waals surface area contributed by atoms with Gasteiger partial charge in [0.25, 0.3) is 0 Å². The fraction of sp³-hybridized carbons (Fsp3) is 0. The van der Waals surface area contributed by atoms with Gasteiger partial charge in [0.05, 0.1) is 0 Å². The molecule has 0 heterocycles. The summed E-state index contributed by atoms with van der Waals surface area (Å²) in [5.74, 6) is 0. The molecule has 0 fully saturated rings. The molecular formula is BiGeLaO8Si2-2. The normalized spacial score (nSPS) is 9.23. The molecule has 0 saturated carbocycles. The SMILES string of the molecule is [Bi+3].[Ge].[La+3].[O-][Si]([O-])([O-])[O-].[O-][Si]([O-])([O-])[O-]. The van der Waals surface area contributed by atoms with Gasteiger partial charge in [-0.15, -0.1) is 0 Å².